The molecule has 1 rings (SSSR count). The molecular formula is C11H11Cl2N3O. The highest BCUT2D eigenvalue weighted by atomic mass is 35.5. The summed E-state index contributed by atoms with van der Waals surface area (Å²) in [6, 6.07) is 5.00. The SMILES string of the molecule is C/C(=C\C(=O)N=C(N)N)c1cc(Cl)cc(Cl)c1. The van der Waals surface area contributed by atoms with E-state index in [1.165, 1.54) is 6.08 Å². The van der Waals surface area contributed by atoms with E-state index in [-0.39, 0.29) is 5.96 Å². The predicted molar refractivity (Wildman–Crippen MR) is 70.9 cm³/mol. The van der Waals surface area contributed by atoms with Gasteiger partial charge in [0.1, 0.15) is 0 Å². The van der Waals surface area contributed by atoms with Gasteiger partial charge in [0.2, 0.25) is 0 Å². The van der Waals surface area contributed by atoms with E-state index in [1.807, 2.05) is 0 Å². The number of hydrogen-bond acceptors (Lipinski definition) is 1. The molecule has 1 aromatic rings. The monoisotopic (exact) mass is 271 g/mol. The van der Waals surface area contributed by atoms with Gasteiger partial charge in [0.15, 0.2) is 5.96 Å². The van der Waals surface area contributed by atoms with E-state index in [9.17, 15) is 4.79 Å². The van der Waals surface area contributed by atoms with Crippen LogP contribution in [0, 0.1) is 0 Å². The normalized spacial score (nSPS) is 11.1. The Hall–Kier alpha value is -1.52. The number of allylic oxidation sites excluding steroid dienone is 1. The highest BCUT2D eigenvalue weighted by molar-refractivity contribution is 6.34. The Balaban J connectivity index is 3.03. The summed E-state index contributed by atoms with van der Waals surface area (Å²) in [5.74, 6) is -0.804. The number of hydrogen-bond donors (Lipinski definition) is 2. The molecule has 0 aliphatic heterocycles. The van der Waals surface area contributed by atoms with Gasteiger partial charge in [-0.1, -0.05) is 23.2 Å². The summed E-state index contributed by atoms with van der Waals surface area (Å²) in [7, 11) is 0. The van der Waals surface area contributed by atoms with Crippen LogP contribution in [0.15, 0.2) is 29.3 Å². The van der Waals surface area contributed by atoms with Crippen molar-refractivity contribution in [2.75, 3.05) is 0 Å². The molecule has 0 aliphatic carbocycles. The van der Waals surface area contributed by atoms with Gasteiger partial charge >= 0.3 is 0 Å². The van der Waals surface area contributed by atoms with Crippen molar-refractivity contribution in [2.45, 2.75) is 6.92 Å². The molecule has 0 fully saturated rings. The summed E-state index contributed by atoms with van der Waals surface area (Å²) in [5.41, 5.74) is 11.6. The standard InChI is InChI=1S/C11H11Cl2N3O/c1-6(2-10(17)16-11(14)15)7-3-8(12)5-9(13)4-7/h2-5H,1H3,(H4,14,15,16,17)/b6-2+. The molecule has 0 atom stereocenters. The third-order valence-corrected chi connectivity index (χ3v) is 2.33. The van der Waals surface area contributed by atoms with Crippen molar-refractivity contribution in [3.05, 3.63) is 39.9 Å². The number of nitrogens with zero attached hydrogens (tertiary/aromatic N) is 1. The Morgan fingerprint density at radius 2 is 1.76 bits per heavy atom. The number of aliphatic imine (C=N–C) groups is 1. The zero-order valence-electron chi connectivity index (χ0n) is 9.08. The van der Waals surface area contributed by atoms with Crippen molar-refractivity contribution in [1.82, 2.24) is 0 Å². The molecule has 0 unspecified atom stereocenters. The van der Waals surface area contributed by atoms with Crippen molar-refractivity contribution in [1.29, 1.82) is 0 Å². The van der Waals surface area contributed by atoms with Crippen LogP contribution in [-0.2, 0) is 4.79 Å². The molecule has 0 bridgehead atoms. The smallest absolute Gasteiger partial charge is 0.273 e. The summed E-state index contributed by atoms with van der Waals surface area (Å²) in [6.45, 7) is 1.74. The second-order valence-electron chi connectivity index (χ2n) is 3.36. The molecular weight excluding hydrogens is 261 g/mol. The molecule has 4 N–H and O–H groups in total. The van der Waals surface area contributed by atoms with Crippen LogP contribution in [0.2, 0.25) is 10.0 Å². The molecule has 17 heavy (non-hydrogen) atoms. The molecule has 1 amide bonds. The van der Waals surface area contributed by atoms with Crippen LogP contribution in [0.3, 0.4) is 0 Å². The molecule has 0 heterocycles. The first-order valence-electron chi connectivity index (χ1n) is 4.67. The number of rotatable bonds is 2. The van der Waals surface area contributed by atoms with E-state index >= 15 is 0 Å². The van der Waals surface area contributed by atoms with Crippen molar-refractivity contribution < 1.29 is 4.79 Å². The molecule has 0 aromatic heterocycles. The summed E-state index contributed by atoms with van der Waals surface area (Å²) in [5, 5.41) is 0.990. The Morgan fingerprint density at radius 1 is 1.24 bits per heavy atom. The Bertz CT molecular complexity index is 485. The van der Waals surface area contributed by atoms with E-state index in [2.05, 4.69) is 4.99 Å². The van der Waals surface area contributed by atoms with Crippen LogP contribution >= 0.6 is 23.2 Å². The first-order valence-corrected chi connectivity index (χ1v) is 5.42. The highest BCUT2D eigenvalue weighted by Gasteiger charge is 2.02. The van der Waals surface area contributed by atoms with E-state index in [0.717, 1.165) is 5.56 Å². The maximum absolute atomic E-state index is 11.3. The molecule has 90 valence electrons. The quantitative estimate of drug-likeness (QED) is 0.492. The molecule has 4 nitrogen and oxygen atoms in total. The maximum atomic E-state index is 11.3. The van der Waals surface area contributed by atoms with E-state index < -0.39 is 5.91 Å². The number of guanidine groups is 1. The van der Waals surface area contributed by atoms with Gasteiger partial charge in [-0.25, -0.2) is 0 Å². The molecule has 0 aliphatic rings. The van der Waals surface area contributed by atoms with Gasteiger partial charge in [0, 0.05) is 16.1 Å². The summed E-state index contributed by atoms with van der Waals surface area (Å²) in [6.07, 6.45) is 1.31. The lowest BCUT2D eigenvalue weighted by Gasteiger charge is -2.02. The number of benzene rings is 1. The maximum Gasteiger partial charge on any atom is 0.273 e. The average molecular weight is 272 g/mol. The third kappa shape index (κ3) is 4.46. The van der Waals surface area contributed by atoms with Gasteiger partial charge in [-0.05, 0) is 36.3 Å². The molecule has 0 spiro atoms. The largest absolute Gasteiger partial charge is 0.370 e. The molecule has 1 aromatic carbocycles. The van der Waals surface area contributed by atoms with Crippen LogP contribution < -0.4 is 11.5 Å². The van der Waals surface area contributed by atoms with E-state index in [1.54, 1.807) is 25.1 Å². The third-order valence-electron chi connectivity index (χ3n) is 1.90. The lowest BCUT2D eigenvalue weighted by molar-refractivity contribution is -0.113. The second-order valence-corrected chi connectivity index (χ2v) is 4.23. The first kappa shape index (κ1) is 13.5. The van der Waals surface area contributed by atoms with Crippen molar-refractivity contribution in [3.63, 3.8) is 0 Å². The zero-order chi connectivity index (χ0) is 13.0. The fourth-order valence-electron chi connectivity index (χ4n) is 1.21. The van der Waals surface area contributed by atoms with Crippen molar-refractivity contribution in [3.8, 4) is 0 Å². The van der Waals surface area contributed by atoms with Gasteiger partial charge in [0.25, 0.3) is 5.91 Å². The predicted octanol–water partition coefficient (Wildman–Crippen LogP) is 2.20. The Morgan fingerprint density at radius 3 is 2.24 bits per heavy atom. The fraction of sp³-hybridized carbons (Fsp3) is 0.0909. The van der Waals surface area contributed by atoms with Gasteiger partial charge in [-0.15, -0.1) is 0 Å². The fourth-order valence-corrected chi connectivity index (χ4v) is 1.74. The molecule has 0 saturated carbocycles. The lowest BCUT2D eigenvalue weighted by Crippen LogP contribution is -2.23. The number of nitrogens with two attached hydrogens (primary N) is 2. The minimum atomic E-state index is -0.529. The number of carbonyl (C=O) groups is 1. The Labute approximate surface area is 109 Å². The summed E-state index contributed by atoms with van der Waals surface area (Å²) >= 11 is 11.7. The Kier molecular flexibility index (Phi) is 4.54. The van der Waals surface area contributed by atoms with E-state index in [4.69, 9.17) is 34.7 Å². The molecule has 6 heteroatoms. The van der Waals surface area contributed by atoms with Crippen LogP contribution in [0.1, 0.15) is 12.5 Å². The topological polar surface area (TPSA) is 81.5 Å². The summed E-state index contributed by atoms with van der Waals surface area (Å²) < 4.78 is 0. The summed E-state index contributed by atoms with van der Waals surface area (Å²) in [4.78, 5) is 14.7. The van der Waals surface area contributed by atoms with Gasteiger partial charge < -0.3 is 11.5 Å². The minimum Gasteiger partial charge on any atom is -0.370 e. The lowest BCUT2D eigenvalue weighted by atomic mass is 10.1. The van der Waals surface area contributed by atoms with Crippen LogP contribution in [0.4, 0.5) is 0 Å². The highest BCUT2D eigenvalue weighted by Crippen LogP contribution is 2.23. The molecule has 0 saturated heterocycles. The van der Waals surface area contributed by atoms with Crippen LogP contribution in [-0.4, -0.2) is 11.9 Å². The van der Waals surface area contributed by atoms with E-state index in [0.29, 0.717) is 15.6 Å². The number of carbonyl (C=O) groups excluding carboxylic acids is 1. The number of amides is 1. The second kappa shape index (κ2) is 5.70. The van der Waals surface area contributed by atoms with Crippen LogP contribution in [0.25, 0.3) is 5.57 Å². The molecule has 0 radical (unpaired) electrons. The van der Waals surface area contributed by atoms with Gasteiger partial charge in [-0.3, -0.25) is 4.79 Å². The first-order chi connectivity index (χ1) is 7.88. The number of halogens is 2. The van der Waals surface area contributed by atoms with Gasteiger partial charge in [0.05, 0.1) is 0 Å². The van der Waals surface area contributed by atoms with Gasteiger partial charge in [-0.2, -0.15) is 4.99 Å². The minimum absolute atomic E-state index is 0.275. The van der Waals surface area contributed by atoms with Crippen molar-refractivity contribution in [2.24, 2.45) is 16.5 Å². The zero-order valence-corrected chi connectivity index (χ0v) is 10.6. The van der Waals surface area contributed by atoms with Crippen molar-refractivity contribution >= 4 is 40.6 Å². The average Bonchev–Trinajstić information content (AvgIpc) is 2.14. The van der Waals surface area contributed by atoms with Crippen LogP contribution in [0.5, 0.6) is 0 Å².